The van der Waals surface area contributed by atoms with E-state index >= 15 is 0 Å². The molecular formula is C20H19N3O3S. The fourth-order valence-electron chi connectivity index (χ4n) is 2.48. The minimum absolute atomic E-state index is 0.161. The van der Waals surface area contributed by atoms with Gasteiger partial charge in [0.1, 0.15) is 12.4 Å². The number of nitrogens with one attached hydrogen (secondary N) is 2. The van der Waals surface area contributed by atoms with E-state index in [1.54, 1.807) is 48.0 Å². The molecule has 7 heteroatoms. The van der Waals surface area contributed by atoms with Crippen molar-refractivity contribution in [2.45, 2.75) is 20.5 Å². The number of benzene rings is 2. The average Bonchev–Trinajstić information content (AvgIpc) is 3.17. The van der Waals surface area contributed by atoms with E-state index in [0.717, 1.165) is 11.3 Å². The van der Waals surface area contributed by atoms with E-state index in [2.05, 4.69) is 15.6 Å². The second-order valence-electron chi connectivity index (χ2n) is 5.91. The second-order valence-corrected chi connectivity index (χ2v) is 6.63. The molecule has 0 radical (unpaired) electrons. The first kappa shape index (κ1) is 18.6. The fraction of sp³-hybridized carbons (Fsp3) is 0.150. The number of ether oxygens (including phenoxy) is 1. The Bertz CT molecular complexity index is 955. The SMILES string of the molecule is CC(=O)Nc1cccc(NC(=O)c2cccc(OCc3cscn3)c2)c1C. The third-order valence-electron chi connectivity index (χ3n) is 3.86. The number of rotatable bonds is 6. The van der Waals surface area contributed by atoms with Crippen molar-refractivity contribution in [2.24, 2.45) is 0 Å². The lowest BCUT2D eigenvalue weighted by Gasteiger charge is -2.13. The van der Waals surface area contributed by atoms with Crippen molar-refractivity contribution in [1.82, 2.24) is 4.98 Å². The molecule has 1 aromatic heterocycles. The summed E-state index contributed by atoms with van der Waals surface area (Å²) in [6.45, 7) is 3.64. The molecule has 2 aromatic carbocycles. The minimum Gasteiger partial charge on any atom is -0.487 e. The largest absolute Gasteiger partial charge is 0.487 e. The smallest absolute Gasteiger partial charge is 0.255 e. The highest BCUT2D eigenvalue weighted by Crippen LogP contribution is 2.24. The molecule has 0 saturated carbocycles. The summed E-state index contributed by atoms with van der Waals surface area (Å²) in [7, 11) is 0. The normalized spacial score (nSPS) is 10.3. The Hall–Kier alpha value is -3.19. The predicted octanol–water partition coefficient (Wildman–Crippen LogP) is 4.24. The number of anilines is 2. The van der Waals surface area contributed by atoms with Gasteiger partial charge in [-0.3, -0.25) is 9.59 Å². The van der Waals surface area contributed by atoms with Crippen LogP contribution >= 0.6 is 11.3 Å². The lowest BCUT2D eigenvalue weighted by Crippen LogP contribution is -2.14. The summed E-state index contributed by atoms with van der Waals surface area (Å²) >= 11 is 1.51. The van der Waals surface area contributed by atoms with Crippen molar-refractivity contribution >= 4 is 34.5 Å². The summed E-state index contributed by atoms with van der Waals surface area (Å²) in [6, 6.07) is 12.3. The molecule has 3 aromatic rings. The number of nitrogens with zero attached hydrogens (tertiary/aromatic N) is 1. The second kappa shape index (κ2) is 8.46. The number of carbonyl (C=O) groups excluding carboxylic acids is 2. The number of carbonyl (C=O) groups is 2. The Morgan fingerprint density at radius 1 is 1.11 bits per heavy atom. The quantitative estimate of drug-likeness (QED) is 0.669. The number of amides is 2. The Kier molecular flexibility index (Phi) is 5.83. The molecule has 2 N–H and O–H groups in total. The third kappa shape index (κ3) is 4.92. The van der Waals surface area contributed by atoms with Crippen LogP contribution in [0.5, 0.6) is 5.75 Å². The topological polar surface area (TPSA) is 80.3 Å². The molecule has 0 aliphatic carbocycles. The summed E-state index contributed by atoms with van der Waals surface area (Å²) in [4.78, 5) is 28.1. The number of hydrogen-bond acceptors (Lipinski definition) is 5. The summed E-state index contributed by atoms with van der Waals surface area (Å²) in [5.74, 6) is 0.183. The molecule has 6 nitrogen and oxygen atoms in total. The molecule has 0 aliphatic heterocycles. The van der Waals surface area contributed by atoms with E-state index in [-0.39, 0.29) is 11.8 Å². The summed E-state index contributed by atoms with van der Waals surface area (Å²) in [5.41, 5.74) is 5.17. The molecule has 0 aliphatic rings. The van der Waals surface area contributed by atoms with E-state index < -0.39 is 0 Å². The summed E-state index contributed by atoms with van der Waals surface area (Å²) < 4.78 is 5.69. The lowest BCUT2D eigenvalue weighted by atomic mass is 10.1. The summed E-state index contributed by atoms with van der Waals surface area (Å²) in [5, 5.41) is 7.55. The van der Waals surface area contributed by atoms with Gasteiger partial charge in [-0.05, 0) is 42.8 Å². The zero-order valence-corrected chi connectivity index (χ0v) is 15.8. The highest BCUT2D eigenvalue weighted by Gasteiger charge is 2.11. The van der Waals surface area contributed by atoms with Gasteiger partial charge >= 0.3 is 0 Å². The minimum atomic E-state index is -0.253. The molecule has 1 heterocycles. The zero-order valence-electron chi connectivity index (χ0n) is 15.0. The van der Waals surface area contributed by atoms with Crippen molar-refractivity contribution in [3.05, 3.63) is 70.2 Å². The van der Waals surface area contributed by atoms with Crippen LogP contribution in [0.15, 0.2) is 53.4 Å². The monoisotopic (exact) mass is 381 g/mol. The van der Waals surface area contributed by atoms with E-state index in [1.165, 1.54) is 18.3 Å². The van der Waals surface area contributed by atoms with Crippen molar-refractivity contribution in [3.8, 4) is 5.75 Å². The molecule has 0 fully saturated rings. The zero-order chi connectivity index (χ0) is 19.2. The molecule has 0 unspecified atom stereocenters. The first-order valence-electron chi connectivity index (χ1n) is 8.31. The van der Waals surface area contributed by atoms with Crippen molar-refractivity contribution in [3.63, 3.8) is 0 Å². The Balaban J connectivity index is 1.71. The van der Waals surface area contributed by atoms with Crippen LogP contribution in [-0.4, -0.2) is 16.8 Å². The van der Waals surface area contributed by atoms with Crippen molar-refractivity contribution in [1.29, 1.82) is 0 Å². The first-order chi connectivity index (χ1) is 13.0. The van der Waals surface area contributed by atoms with Gasteiger partial charge in [0.2, 0.25) is 5.91 Å². The average molecular weight is 381 g/mol. The maximum Gasteiger partial charge on any atom is 0.255 e. The standard InChI is InChI=1S/C20H19N3O3S/c1-13-18(22-14(2)24)7-4-8-19(13)23-20(25)15-5-3-6-17(9-15)26-10-16-11-27-12-21-16/h3-9,11-12H,10H2,1-2H3,(H,22,24)(H,23,25). The number of hydrogen-bond donors (Lipinski definition) is 2. The molecule has 0 spiro atoms. The van der Waals surface area contributed by atoms with Crippen LogP contribution in [-0.2, 0) is 11.4 Å². The molecule has 0 saturated heterocycles. The van der Waals surface area contributed by atoms with Gasteiger partial charge in [0, 0.05) is 29.2 Å². The predicted molar refractivity (Wildman–Crippen MR) is 106 cm³/mol. The highest BCUT2D eigenvalue weighted by atomic mass is 32.1. The van der Waals surface area contributed by atoms with E-state index in [9.17, 15) is 9.59 Å². The van der Waals surface area contributed by atoms with Gasteiger partial charge in [-0.25, -0.2) is 4.98 Å². The van der Waals surface area contributed by atoms with Crippen LogP contribution in [0, 0.1) is 6.92 Å². The Morgan fingerprint density at radius 2 is 1.85 bits per heavy atom. The van der Waals surface area contributed by atoms with Gasteiger partial charge in [0.15, 0.2) is 0 Å². The van der Waals surface area contributed by atoms with Crippen LogP contribution in [0.3, 0.4) is 0 Å². The van der Waals surface area contributed by atoms with Gasteiger partial charge < -0.3 is 15.4 Å². The van der Waals surface area contributed by atoms with Gasteiger partial charge in [-0.2, -0.15) is 0 Å². The van der Waals surface area contributed by atoms with Gasteiger partial charge in [-0.15, -0.1) is 11.3 Å². The lowest BCUT2D eigenvalue weighted by molar-refractivity contribution is -0.114. The van der Waals surface area contributed by atoms with Crippen molar-refractivity contribution in [2.75, 3.05) is 10.6 Å². The number of aromatic nitrogens is 1. The third-order valence-corrected chi connectivity index (χ3v) is 4.49. The maximum atomic E-state index is 12.6. The fourth-order valence-corrected chi connectivity index (χ4v) is 3.03. The molecule has 3 rings (SSSR count). The molecular weight excluding hydrogens is 362 g/mol. The van der Waals surface area contributed by atoms with Crippen LogP contribution in [0.25, 0.3) is 0 Å². The number of thiazole rings is 1. The maximum absolute atomic E-state index is 12.6. The molecule has 0 bridgehead atoms. The summed E-state index contributed by atoms with van der Waals surface area (Å²) in [6.07, 6.45) is 0. The van der Waals surface area contributed by atoms with Crippen LogP contribution in [0.2, 0.25) is 0 Å². The van der Waals surface area contributed by atoms with Gasteiger partial charge in [-0.1, -0.05) is 12.1 Å². The van der Waals surface area contributed by atoms with Crippen LogP contribution in [0.4, 0.5) is 11.4 Å². The molecule has 2 amide bonds. The van der Waals surface area contributed by atoms with Crippen LogP contribution < -0.4 is 15.4 Å². The van der Waals surface area contributed by atoms with E-state index in [1.807, 2.05) is 12.3 Å². The van der Waals surface area contributed by atoms with E-state index in [4.69, 9.17) is 4.74 Å². The molecule has 27 heavy (non-hydrogen) atoms. The Morgan fingerprint density at radius 3 is 2.56 bits per heavy atom. The Labute approximate surface area is 161 Å². The molecule has 138 valence electrons. The van der Waals surface area contributed by atoms with Crippen LogP contribution in [0.1, 0.15) is 28.5 Å². The highest BCUT2D eigenvalue weighted by molar-refractivity contribution is 7.07. The molecule has 0 atom stereocenters. The van der Waals surface area contributed by atoms with E-state index in [0.29, 0.717) is 29.3 Å². The van der Waals surface area contributed by atoms with Gasteiger partial charge in [0.05, 0.1) is 11.2 Å². The van der Waals surface area contributed by atoms with Gasteiger partial charge in [0.25, 0.3) is 5.91 Å². The van der Waals surface area contributed by atoms with Crippen molar-refractivity contribution < 1.29 is 14.3 Å². The first-order valence-corrected chi connectivity index (χ1v) is 9.25.